The fourth-order valence-corrected chi connectivity index (χ4v) is 3.88. The lowest BCUT2D eigenvalue weighted by molar-refractivity contribution is 0.0320. The van der Waals surface area contributed by atoms with Gasteiger partial charge in [-0.15, -0.1) is 0 Å². The van der Waals surface area contributed by atoms with E-state index in [1.54, 1.807) is 7.11 Å². The van der Waals surface area contributed by atoms with Crippen LogP contribution in [-0.4, -0.2) is 62.2 Å². The number of benzene rings is 3. The minimum Gasteiger partial charge on any atom is -0.496 e. The molecule has 0 saturated carbocycles. The van der Waals surface area contributed by atoms with Gasteiger partial charge in [0, 0.05) is 43.9 Å². The summed E-state index contributed by atoms with van der Waals surface area (Å²) in [6, 6.07) is 22.0. The molecule has 0 N–H and O–H groups in total. The van der Waals surface area contributed by atoms with E-state index in [9.17, 15) is 4.79 Å². The van der Waals surface area contributed by atoms with Crippen LogP contribution in [0.3, 0.4) is 0 Å². The van der Waals surface area contributed by atoms with Crippen LogP contribution in [0.4, 0.5) is 0 Å². The summed E-state index contributed by atoms with van der Waals surface area (Å²) in [6.07, 6.45) is 0. The molecule has 5 heteroatoms. The second kappa shape index (κ2) is 9.74. The molecule has 4 rings (SSSR count). The molecule has 30 heavy (non-hydrogen) atoms. The lowest BCUT2D eigenvalue weighted by Crippen LogP contribution is -2.43. The minimum absolute atomic E-state index is 0.0416. The molecule has 3 aromatic rings. The van der Waals surface area contributed by atoms with Crippen molar-refractivity contribution >= 4 is 16.7 Å². The Kier molecular flexibility index (Phi) is 6.62. The van der Waals surface area contributed by atoms with Gasteiger partial charge in [-0.05, 0) is 29.0 Å². The molecule has 1 aliphatic heterocycles. The topological polar surface area (TPSA) is 42.0 Å². The molecule has 156 valence electrons. The number of carbonyl (C=O) groups is 1. The van der Waals surface area contributed by atoms with Gasteiger partial charge in [-0.1, -0.05) is 48.5 Å². The third-order valence-electron chi connectivity index (χ3n) is 5.63. The quantitative estimate of drug-likeness (QED) is 0.600. The monoisotopic (exact) mass is 404 g/mol. The zero-order chi connectivity index (χ0) is 20.8. The minimum atomic E-state index is 0.0416. The summed E-state index contributed by atoms with van der Waals surface area (Å²) >= 11 is 0. The largest absolute Gasteiger partial charge is 0.496 e. The van der Waals surface area contributed by atoms with E-state index in [1.165, 1.54) is 0 Å². The Morgan fingerprint density at radius 1 is 1.00 bits per heavy atom. The molecule has 0 unspecified atom stereocenters. The highest BCUT2D eigenvalue weighted by Gasteiger charge is 2.20. The Labute approximate surface area is 177 Å². The average molecular weight is 405 g/mol. The standard InChI is InChI=1S/C25H28N2O3/c1-29-24-9-5-4-8-23(24)19-27(13-12-26-14-16-30-17-15-26)25(28)22-11-10-20-6-2-3-7-21(20)18-22/h2-11,18H,12-17,19H2,1H3. The van der Waals surface area contributed by atoms with Gasteiger partial charge in [0.15, 0.2) is 0 Å². The third-order valence-corrected chi connectivity index (χ3v) is 5.63. The zero-order valence-electron chi connectivity index (χ0n) is 17.4. The van der Waals surface area contributed by atoms with E-state index in [2.05, 4.69) is 11.0 Å². The number of hydrogen-bond donors (Lipinski definition) is 0. The van der Waals surface area contributed by atoms with Gasteiger partial charge >= 0.3 is 0 Å². The van der Waals surface area contributed by atoms with Gasteiger partial charge < -0.3 is 14.4 Å². The molecule has 0 bridgehead atoms. The number of morpholine rings is 1. The van der Waals surface area contributed by atoms with E-state index < -0.39 is 0 Å². The van der Waals surface area contributed by atoms with Crippen LogP contribution in [0.1, 0.15) is 15.9 Å². The van der Waals surface area contributed by atoms with Crippen molar-refractivity contribution in [3.63, 3.8) is 0 Å². The normalized spacial score (nSPS) is 14.6. The van der Waals surface area contributed by atoms with E-state index in [0.717, 1.165) is 54.9 Å². The summed E-state index contributed by atoms with van der Waals surface area (Å²) in [5, 5.41) is 2.22. The first-order valence-corrected chi connectivity index (χ1v) is 10.4. The average Bonchev–Trinajstić information content (AvgIpc) is 2.82. The number of para-hydroxylation sites is 1. The Morgan fingerprint density at radius 2 is 1.73 bits per heavy atom. The number of methoxy groups -OCH3 is 1. The van der Waals surface area contributed by atoms with Gasteiger partial charge in [-0.2, -0.15) is 0 Å². The van der Waals surface area contributed by atoms with Crippen molar-refractivity contribution in [2.75, 3.05) is 46.5 Å². The number of ether oxygens (including phenoxy) is 2. The fraction of sp³-hybridized carbons (Fsp3) is 0.320. The van der Waals surface area contributed by atoms with Crippen molar-refractivity contribution in [1.29, 1.82) is 0 Å². The Balaban J connectivity index is 1.57. The van der Waals surface area contributed by atoms with Crippen molar-refractivity contribution in [1.82, 2.24) is 9.80 Å². The molecular weight excluding hydrogens is 376 g/mol. The van der Waals surface area contributed by atoms with Gasteiger partial charge in [0.25, 0.3) is 5.91 Å². The number of amides is 1. The van der Waals surface area contributed by atoms with Crippen LogP contribution >= 0.6 is 0 Å². The van der Waals surface area contributed by atoms with Crippen molar-refractivity contribution < 1.29 is 14.3 Å². The van der Waals surface area contributed by atoms with E-state index in [1.807, 2.05) is 65.6 Å². The summed E-state index contributed by atoms with van der Waals surface area (Å²) in [5.74, 6) is 0.847. The second-order valence-electron chi connectivity index (χ2n) is 7.55. The van der Waals surface area contributed by atoms with Gasteiger partial charge in [0.1, 0.15) is 5.75 Å². The number of hydrogen-bond acceptors (Lipinski definition) is 4. The molecule has 0 aromatic heterocycles. The van der Waals surface area contributed by atoms with E-state index in [-0.39, 0.29) is 5.91 Å². The SMILES string of the molecule is COc1ccccc1CN(CCN1CCOCC1)C(=O)c1ccc2ccccc2c1. The number of fused-ring (bicyclic) bond motifs is 1. The summed E-state index contributed by atoms with van der Waals surface area (Å²) in [6.45, 7) is 5.33. The molecule has 1 amide bonds. The maximum Gasteiger partial charge on any atom is 0.254 e. The van der Waals surface area contributed by atoms with Crippen LogP contribution < -0.4 is 4.74 Å². The van der Waals surface area contributed by atoms with Gasteiger partial charge in [0.2, 0.25) is 0 Å². The molecule has 0 aliphatic carbocycles. The van der Waals surface area contributed by atoms with Crippen molar-refractivity contribution in [3.05, 3.63) is 77.9 Å². The Morgan fingerprint density at radius 3 is 2.53 bits per heavy atom. The Hall–Kier alpha value is -2.89. The summed E-state index contributed by atoms with van der Waals surface area (Å²) in [4.78, 5) is 17.8. The predicted molar refractivity (Wildman–Crippen MR) is 119 cm³/mol. The first kappa shape index (κ1) is 20.4. The van der Waals surface area contributed by atoms with Crippen LogP contribution in [0, 0.1) is 0 Å². The van der Waals surface area contributed by atoms with E-state index in [4.69, 9.17) is 9.47 Å². The van der Waals surface area contributed by atoms with Crippen molar-refractivity contribution in [3.8, 4) is 5.75 Å². The predicted octanol–water partition coefficient (Wildman–Crippen LogP) is 3.82. The molecule has 3 aromatic carbocycles. The highest BCUT2D eigenvalue weighted by Crippen LogP contribution is 2.22. The van der Waals surface area contributed by atoms with E-state index in [0.29, 0.717) is 18.7 Å². The van der Waals surface area contributed by atoms with Crippen LogP contribution in [0.25, 0.3) is 10.8 Å². The molecule has 0 radical (unpaired) electrons. The number of carbonyl (C=O) groups excluding carboxylic acids is 1. The van der Waals surface area contributed by atoms with Gasteiger partial charge in [-0.3, -0.25) is 9.69 Å². The summed E-state index contributed by atoms with van der Waals surface area (Å²) in [5.41, 5.74) is 1.72. The number of rotatable bonds is 7. The van der Waals surface area contributed by atoms with Gasteiger partial charge in [0.05, 0.1) is 20.3 Å². The molecule has 1 heterocycles. The van der Waals surface area contributed by atoms with Crippen molar-refractivity contribution in [2.45, 2.75) is 6.54 Å². The molecule has 1 saturated heterocycles. The lowest BCUT2D eigenvalue weighted by atomic mass is 10.1. The fourth-order valence-electron chi connectivity index (χ4n) is 3.88. The molecule has 1 aliphatic rings. The summed E-state index contributed by atoms with van der Waals surface area (Å²) in [7, 11) is 1.67. The van der Waals surface area contributed by atoms with Gasteiger partial charge in [-0.25, -0.2) is 0 Å². The maximum absolute atomic E-state index is 13.5. The molecular formula is C25H28N2O3. The first-order valence-electron chi connectivity index (χ1n) is 10.4. The third kappa shape index (κ3) is 4.81. The highest BCUT2D eigenvalue weighted by molar-refractivity contribution is 5.98. The molecule has 5 nitrogen and oxygen atoms in total. The molecule has 0 atom stereocenters. The highest BCUT2D eigenvalue weighted by atomic mass is 16.5. The maximum atomic E-state index is 13.5. The van der Waals surface area contributed by atoms with Crippen LogP contribution in [0.15, 0.2) is 66.7 Å². The number of nitrogens with zero attached hydrogens (tertiary/aromatic N) is 2. The smallest absolute Gasteiger partial charge is 0.254 e. The van der Waals surface area contributed by atoms with Crippen LogP contribution in [0.2, 0.25) is 0 Å². The first-order chi connectivity index (χ1) is 14.7. The van der Waals surface area contributed by atoms with Crippen LogP contribution in [-0.2, 0) is 11.3 Å². The molecule has 0 spiro atoms. The molecule has 1 fully saturated rings. The van der Waals surface area contributed by atoms with Crippen LogP contribution in [0.5, 0.6) is 5.75 Å². The summed E-state index contributed by atoms with van der Waals surface area (Å²) < 4.78 is 11.0. The van der Waals surface area contributed by atoms with Crippen molar-refractivity contribution in [2.24, 2.45) is 0 Å². The zero-order valence-corrected chi connectivity index (χ0v) is 17.4. The lowest BCUT2D eigenvalue weighted by Gasteiger charge is -2.30. The van der Waals surface area contributed by atoms with E-state index >= 15 is 0 Å². The second-order valence-corrected chi connectivity index (χ2v) is 7.55. The Bertz CT molecular complexity index is 998.